The first kappa shape index (κ1) is 21.7. The maximum absolute atomic E-state index is 13.6. The van der Waals surface area contributed by atoms with Crippen LogP contribution in [0.5, 0.6) is 0 Å². The van der Waals surface area contributed by atoms with E-state index in [2.05, 4.69) is 17.1 Å². The third-order valence-electron chi connectivity index (χ3n) is 4.32. The molecule has 0 radical (unpaired) electrons. The number of hydrogen-bond acceptors (Lipinski definition) is 4. The lowest BCUT2D eigenvalue weighted by Gasteiger charge is -2.05. The van der Waals surface area contributed by atoms with Gasteiger partial charge in [0.2, 0.25) is 5.91 Å². The van der Waals surface area contributed by atoms with Crippen molar-refractivity contribution in [2.45, 2.75) is 32.1 Å². The van der Waals surface area contributed by atoms with Crippen LogP contribution in [-0.2, 0) is 21.8 Å². The molecule has 1 amide bonds. The summed E-state index contributed by atoms with van der Waals surface area (Å²) in [5.74, 6) is 1.44. The van der Waals surface area contributed by atoms with Gasteiger partial charge in [-0.15, -0.1) is 0 Å². The maximum atomic E-state index is 13.6. The van der Waals surface area contributed by atoms with E-state index in [1.54, 1.807) is 6.07 Å². The summed E-state index contributed by atoms with van der Waals surface area (Å²) in [6, 6.07) is 15.0. The largest absolute Gasteiger partial charge is 0.380 e. The molecule has 0 saturated carbocycles. The molecule has 0 aliphatic rings. The Hall–Kier alpha value is -1.96. The number of rotatable bonds is 10. The molecule has 3 aromatic rings. The lowest BCUT2D eigenvalue weighted by molar-refractivity contribution is -0.118. The summed E-state index contributed by atoms with van der Waals surface area (Å²) >= 11 is 3.16. The zero-order chi connectivity index (χ0) is 20.5. The number of aromatic nitrogens is 1. The predicted molar refractivity (Wildman–Crippen MR) is 119 cm³/mol. The molecule has 7 heteroatoms. The van der Waals surface area contributed by atoms with E-state index in [9.17, 15) is 9.18 Å². The van der Waals surface area contributed by atoms with Crippen LogP contribution in [0.1, 0.15) is 25.3 Å². The Kier molecular flexibility index (Phi) is 8.46. The Morgan fingerprint density at radius 3 is 2.86 bits per heavy atom. The second-order valence-electron chi connectivity index (χ2n) is 6.49. The van der Waals surface area contributed by atoms with Gasteiger partial charge in [-0.2, -0.15) is 16.8 Å². The van der Waals surface area contributed by atoms with E-state index < -0.39 is 0 Å². The Bertz CT molecular complexity index is 999. The van der Waals surface area contributed by atoms with Crippen molar-refractivity contribution in [3.63, 3.8) is 0 Å². The van der Waals surface area contributed by atoms with E-state index >= 15 is 0 Å². The SMILES string of the molecule is CCOCCn1c(=NC(=O)CCCSCc2ccccc2)sc2cc(F)ccc21. The lowest BCUT2D eigenvalue weighted by atomic mass is 10.2. The number of nitrogens with zero attached hydrogens (tertiary/aromatic N) is 2. The molecule has 0 atom stereocenters. The number of hydrogen-bond donors (Lipinski definition) is 0. The van der Waals surface area contributed by atoms with Gasteiger partial charge in [-0.05, 0) is 42.9 Å². The highest BCUT2D eigenvalue weighted by Gasteiger charge is 2.09. The predicted octanol–water partition coefficient (Wildman–Crippen LogP) is 5.02. The Morgan fingerprint density at radius 2 is 2.07 bits per heavy atom. The minimum absolute atomic E-state index is 0.137. The van der Waals surface area contributed by atoms with Gasteiger partial charge in [0.25, 0.3) is 0 Å². The van der Waals surface area contributed by atoms with E-state index in [1.165, 1.54) is 29.0 Å². The van der Waals surface area contributed by atoms with E-state index in [0.717, 1.165) is 28.1 Å². The summed E-state index contributed by atoms with van der Waals surface area (Å²) in [5.41, 5.74) is 2.17. The van der Waals surface area contributed by atoms with Gasteiger partial charge in [0.15, 0.2) is 4.80 Å². The molecule has 0 N–H and O–H groups in total. The molecule has 0 fully saturated rings. The monoisotopic (exact) mass is 432 g/mol. The Labute approximate surface area is 178 Å². The molecular weight excluding hydrogens is 407 g/mol. The van der Waals surface area contributed by atoms with Crippen LogP contribution in [0.15, 0.2) is 53.5 Å². The number of fused-ring (bicyclic) bond motifs is 1. The molecule has 0 bridgehead atoms. The minimum atomic E-state index is -0.288. The van der Waals surface area contributed by atoms with Crippen molar-refractivity contribution in [1.82, 2.24) is 4.57 Å². The van der Waals surface area contributed by atoms with Crippen LogP contribution >= 0.6 is 23.1 Å². The number of thiazole rings is 1. The number of thioether (sulfide) groups is 1. The second kappa shape index (κ2) is 11.3. The normalized spacial score (nSPS) is 12.0. The fourth-order valence-corrected chi connectivity index (χ4v) is 4.92. The van der Waals surface area contributed by atoms with Crippen LogP contribution in [0, 0.1) is 5.82 Å². The lowest BCUT2D eigenvalue weighted by Crippen LogP contribution is -2.19. The fraction of sp³-hybridized carbons (Fsp3) is 0.364. The number of ether oxygens (including phenoxy) is 1. The van der Waals surface area contributed by atoms with Crippen molar-refractivity contribution in [2.75, 3.05) is 19.0 Å². The van der Waals surface area contributed by atoms with Crippen molar-refractivity contribution in [1.29, 1.82) is 0 Å². The standard InChI is InChI=1S/C22H25FN2O2S2/c1-2-27-13-12-25-19-11-10-18(23)15-20(19)29-22(25)24-21(26)9-6-14-28-16-17-7-4-3-5-8-17/h3-5,7-8,10-11,15H,2,6,9,12-14,16H2,1H3. The van der Waals surface area contributed by atoms with E-state index in [4.69, 9.17) is 4.74 Å². The third kappa shape index (κ3) is 6.52. The topological polar surface area (TPSA) is 43.6 Å². The first-order valence-electron chi connectivity index (χ1n) is 9.73. The maximum Gasteiger partial charge on any atom is 0.248 e. The van der Waals surface area contributed by atoms with Crippen molar-refractivity contribution in [3.8, 4) is 0 Å². The van der Waals surface area contributed by atoms with Crippen molar-refractivity contribution in [2.24, 2.45) is 4.99 Å². The van der Waals surface area contributed by atoms with Gasteiger partial charge >= 0.3 is 0 Å². The number of benzene rings is 2. The van der Waals surface area contributed by atoms with Gasteiger partial charge in [0.05, 0.1) is 16.8 Å². The molecule has 0 aliphatic heterocycles. The Balaban J connectivity index is 1.61. The molecule has 1 heterocycles. The molecular formula is C22H25FN2O2S2. The molecule has 1 aromatic heterocycles. The number of carbonyl (C=O) groups excluding carboxylic acids is 1. The van der Waals surface area contributed by atoms with Crippen LogP contribution in [0.4, 0.5) is 4.39 Å². The zero-order valence-electron chi connectivity index (χ0n) is 16.5. The molecule has 2 aromatic carbocycles. The molecule has 29 heavy (non-hydrogen) atoms. The van der Waals surface area contributed by atoms with Crippen molar-refractivity contribution in [3.05, 3.63) is 64.7 Å². The molecule has 3 rings (SSSR count). The van der Waals surface area contributed by atoms with E-state index in [0.29, 0.717) is 31.0 Å². The van der Waals surface area contributed by atoms with Crippen LogP contribution < -0.4 is 4.80 Å². The summed E-state index contributed by atoms with van der Waals surface area (Å²) in [5, 5.41) is 0. The van der Waals surface area contributed by atoms with Crippen LogP contribution in [0.3, 0.4) is 0 Å². The average molecular weight is 433 g/mol. The summed E-state index contributed by atoms with van der Waals surface area (Å²) in [7, 11) is 0. The Morgan fingerprint density at radius 1 is 1.24 bits per heavy atom. The summed E-state index contributed by atoms with van der Waals surface area (Å²) < 4.78 is 21.8. The molecule has 4 nitrogen and oxygen atoms in total. The number of carbonyl (C=O) groups is 1. The van der Waals surface area contributed by atoms with Crippen molar-refractivity contribution < 1.29 is 13.9 Å². The van der Waals surface area contributed by atoms with Crippen LogP contribution in [-0.4, -0.2) is 29.4 Å². The van der Waals surface area contributed by atoms with Crippen LogP contribution in [0.2, 0.25) is 0 Å². The number of amides is 1. The molecule has 0 saturated heterocycles. The van der Waals surface area contributed by atoms with Gasteiger partial charge in [-0.3, -0.25) is 4.79 Å². The molecule has 0 unspecified atom stereocenters. The average Bonchev–Trinajstić information content (AvgIpc) is 3.04. The van der Waals surface area contributed by atoms with Gasteiger partial charge in [-0.1, -0.05) is 41.7 Å². The van der Waals surface area contributed by atoms with Gasteiger partial charge in [0.1, 0.15) is 5.82 Å². The highest BCUT2D eigenvalue weighted by Crippen LogP contribution is 2.19. The van der Waals surface area contributed by atoms with Gasteiger partial charge < -0.3 is 9.30 Å². The molecule has 154 valence electrons. The van der Waals surface area contributed by atoms with Crippen LogP contribution in [0.25, 0.3) is 10.2 Å². The highest BCUT2D eigenvalue weighted by atomic mass is 32.2. The quantitative estimate of drug-likeness (QED) is 0.423. The van der Waals surface area contributed by atoms with Crippen molar-refractivity contribution >= 4 is 39.2 Å². The van der Waals surface area contributed by atoms with Gasteiger partial charge in [-0.25, -0.2) is 4.39 Å². The first-order chi connectivity index (χ1) is 14.2. The number of halogens is 1. The highest BCUT2D eigenvalue weighted by molar-refractivity contribution is 7.98. The summed E-state index contributed by atoms with van der Waals surface area (Å²) in [6.07, 6.45) is 1.20. The molecule has 0 spiro atoms. The fourth-order valence-electron chi connectivity index (χ4n) is 2.90. The first-order valence-corrected chi connectivity index (χ1v) is 11.7. The molecule has 0 aliphatic carbocycles. The summed E-state index contributed by atoms with van der Waals surface area (Å²) in [6.45, 7) is 3.68. The minimum Gasteiger partial charge on any atom is -0.380 e. The third-order valence-corrected chi connectivity index (χ3v) is 6.48. The second-order valence-corrected chi connectivity index (χ2v) is 8.61. The summed E-state index contributed by atoms with van der Waals surface area (Å²) in [4.78, 5) is 17.3. The van der Waals surface area contributed by atoms with Gasteiger partial charge in [0, 0.05) is 25.3 Å². The van der Waals surface area contributed by atoms with E-state index in [1.807, 2.05) is 41.5 Å². The zero-order valence-corrected chi connectivity index (χ0v) is 18.1. The smallest absolute Gasteiger partial charge is 0.248 e. The van der Waals surface area contributed by atoms with E-state index in [-0.39, 0.29) is 11.7 Å².